The van der Waals surface area contributed by atoms with Crippen LogP contribution < -0.4 is 9.47 Å². The smallest absolute Gasteiger partial charge is 0.293 e. The molecule has 3 aromatic carbocycles. The summed E-state index contributed by atoms with van der Waals surface area (Å²) in [6, 6.07) is 23.2. The summed E-state index contributed by atoms with van der Waals surface area (Å²) >= 11 is 3.16. The number of halogens is 1. The molecule has 1 saturated heterocycles. The van der Waals surface area contributed by atoms with E-state index in [-0.39, 0.29) is 17.7 Å². The van der Waals surface area contributed by atoms with Crippen LogP contribution in [-0.2, 0) is 17.9 Å². The molecule has 3 aromatic rings. The fourth-order valence-electron chi connectivity index (χ4n) is 3.36. The van der Waals surface area contributed by atoms with Crippen molar-refractivity contribution in [3.05, 3.63) is 98.0 Å². The van der Waals surface area contributed by atoms with Crippen LogP contribution in [0.3, 0.4) is 0 Å². The average molecular weight is 571 g/mol. The molecule has 5 nitrogen and oxygen atoms in total. The van der Waals surface area contributed by atoms with Crippen LogP contribution in [0, 0.1) is 3.57 Å². The number of carbonyl (C=O) groups excluding carboxylic acids is 2. The molecule has 0 saturated carbocycles. The molecule has 0 aromatic heterocycles. The van der Waals surface area contributed by atoms with Gasteiger partial charge in [0.25, 0.3) is 11.1 Å². The van der Waals surface area contributed by atoms with E-state index in [4.69, 9.17) is 9.47 Å². The summed E-state index contributed by atoms with van der Waals surface area (Å²) in [7, 11) is 0. The van der Waals surface area contributed by atoms with Gasteiger partial charge in [0.05, 0.1) is 21.6 Å². The van der Waals surface area contributed by atoms with E-state index in [0.29, 0.717) is 29.6 Å². The first-order valence-electron chi connectivity index (χ1n) is 10.5. The van der Waals surface area contributed by atoms with Crippen molar-refractivity contribution in [1.29, 1.82) is 0 Å². The molecule has 2 amide bonds. The summed E-state index contributed by atoms with van der Waals surface area (Å²) < 4.78 is 12.8. The Balaban J connectivity index is 1.56. The minimum absolute atomic E-state index is 0.261. The van der Waals surface area contributed by atoms with Crippen molar-refractivity contribution in [2.75, 3.05) is 6.61 Å². The number of amides is 2. The van der Waals surface area contributed by atoms with Gasteiger partial charge in [0.1, 0.15) is 6.61 Å². The van der Waals surface area contributed by atoms with Gasteiger partial charge < -0.3 is 9.47 Å². The third kappa shape index (κ3) is 5.78. The molecule has 1 aliphatic heterocycles. The van der Waals surface area contributed by atoms with Gasteiger partial charge in [0.15, 0.2) is 11.5 Å². The zero-order valence-electron chi connectivity index (χ0n) is 18.0. The predicted molar refractivity (Wildman–Crippen MR) is 139 cm³/mol. The largest absolute Gasteiger partial charge is 0.490 e. The van der Waals surface area contributed by atoms with E-state index in [2.05, 4.69) is 22.6 Å². The van der Waals surface area contributed by atoms with Gasteiger partial charge in [-0.25, -0.2) is 0 Å². The summed E-state index contributed by atoms with van der Waals surface area (Å²) in [5.41, 5.74) is 2.75. The van der Waals surface area contributed by atoms with E-state index in [1.165, 1.54) is 4.90 Å². The maximum Gasteiger partial charge on any atom is 0.293 e. The number of imide groups is 1. The Hall–Kier alpha value is -2.78. The number of benzene rings is 3. The third-order valence-corrected chi connectivity index (χ3v) is 6.62. The predicted octanol–water partition coefficient (Wildman–Crippen LogP) is 6.51. The zero-order valence-corrected chi connectivity index (χ0v) is 21.0. The van der Waals surface area contributed by atoms with Gasteiger partial charge >= 0.3 is 0 Å². The lowest BCUT2D eigenvalue weighted by molar-refractivity contribution is -0.123. The molecule has 1 aliphatic rings. The zero-order chi connectivity index (χ0) is 23.2. The minimum atomic E-state index is -0.286. The van der Waals surface area contributed by atoms with E-state index >= 15 is 0 Å². The highest BCUT2D eigenvalue weighted by atomic mass is 127. The molecule has 0 N–H and O–H groups in total. The van der Waals surface area contributed by atoms with E-state index < -0.39 is 0 Å². The van der Waals surface area contributed by atoms with E-state index in [9.17, 15) is 9.59 Å². The van der Waals surface area contributed by atoms with Crippen LogP contribution in [0.4, 0.5) is 4.79 Å². The van der Waals surface area contributed by atoms with Gasteiger partial charge in [-0.1, -0.05) is 60.7 Å². The first-order chi connectivity index (χ1) is 16.0. The number of carbonyl (C=O) groups is 2. The average Bonchev–Trinajstić information content (AvgIpc) is 3.07. The maximum atomic E-state index is 12.9. The van der Waals surface area contributed by atoms with Crippen LogP contribution in [0.5, 0.6) is 11.5 Å². The second kappa shape index (κ2) is 10.9. The number of rotatable bonds is 8. The van der Waals surface area contributed by atoms with Gasteiger partial charge in [-0.3, -0.25) is 14.5 Å². The fourth-order valence-corrected chi connectivity index (χ4v) is 4.98. The molecule has 168 valence electrons. The normalized spacial score (nSPS) is 14.7. The van der Waals surface area contributed by atoms with Crippen LogP contribution >= 0.6 is 34.4 Å². The lowest BCUT2D eigenvalue weighted by atomic mass is 10.1. The summed E-state index contributed by atoms with van der Waals surface area (Å²) in [6.45, 7) is 3.08. The van der Waals surface area contributed by atoms with Crippen molar-refractivity contribution < 1.29 is 19.1 Å². The molecule has 7 heteroatoms. The van der Waals surface area contributed by atoms with Crippen molar-refractivity contribution in [2.24, 2.45) is 0 Å². The Kier molecular flexibility index (Phi) is 7.72. The first kappa shape index (κ1) is 23.4. The number of nitrogens with zero attached hydrogens (tertiary/aromatic N) is 1. The second-order valence-electron chi connectivity index (χ2n) is 7.29. The standard InChI is InChI=1S/C26H22INO4S/c1-2-31-22-14-20(13-21(27)24(22)32-17-19-11-7-4-8-12-19)15-23-25(29)28(26(30)33-23)16-18-9-5-3-6-10-18/h3-15H,2,16-17H2,1H3/b23-15+. The third-order valence-electron chi connectivity index (χ3n) is 4.91. The fraction of sp³-hybridized carbons (Fsp3) is 0.154. The van der Waals surface area contributed by atoms with Crippen LogP contribution in [0.2, 0.25) is 0 Å². The SMILES string of the molecule is CCOc1cc(/C=C2/SC(=O)N(Cc3ccccc3)C2=O)cc(I)c1OCc1ccccc1. The molecule has 33 heavy (non-hydrogen) atoms. The van der Waals surface area contributed by atoms with Crippen LogP contribution in [0.15, 0.2) is 77.7 Å². The van der Waals surface area contributed by atoms with Crippen LogP contribution in [-0.4, -0.2) is 22.7 Å². The molecule has 0 atom stereocenters. The van der Waals surface area contributed by atoms with Gasteiger partial charge in [-0.2, -0.15) is 0 Å². The summed E-state index contributed by atoms with van der Waals surface area (Å²) in [5, 5.41) is -0.266. The molecule has 4 rings (SSSR count). The van der Waals surface area contributed by atoms with Crippen LogP contribution in [0.1, 0.15) is 23.6 Å². The Morgan fingerprint density at radius 2 is 1.61 bits per heavy atom. The highest BCUT2D eigenvalue weighted by Crippen LogP contribution is 2.38. The van der Waals surface area contributed by atoms with Gasteiger partial charge in [-0.15, -0.1) is 0 Å². The molecule has 0 spiro atoms. The Labute approximate surface area is 210 Å². The second-order valence-corrected chi connectivity index (χ2v) is 9.45. The van der Waals surface area contributed by atoms with Crippen molar-refractivity contribution in [3.8, 4) is 11.5 Å². The van der Waals surface area contributed by atoms with E-state index in [0.717, 1.165) is 32.0 Å². The molecular formula is C26H22INO4S. The highest BCUT2D eigenvalue weighted by Gasteiger charge is 2.35. The van der Waals surface area contributed by atoms with Gasteiger partial charge in [0.2, 0.25) is 0 Å². The molecule has 0 aliphatic carbocycles. The van der Waals surface area contributed by atoms with E-state index in [1.807, 2.05) is 79.7 Å². The van der Waals surface area contributed by atoms with Crippen molar-refractivity contribution >= 4 is 51.6 Å². The number of thioether (sulfide) groups is 1. The lowest BCUT2D eigenvalue weighted by Crippen LogP contribution is -2.27. The van der Waals surface area contributed by atoms with Crippen molar-refractivity contribution in [2.45, 2.75) is 20.1 Å². The maximum absolute atomic E-state index is 12.9. The monoisotopic (exact) mass is 571 g/mol. The summed E-state index contributed by atoms with van der Waals surface area (Å²) in [6.07, 6.45) is 1.74. The molecule has 0 unspecified atom stereocenters. The number of ether oxygens (including phenoxy) is 2. The lowest BCUT2D eigenvalue weighted by Gasteiger charge is -2.15. The topological polar surface area (TPSA) is 55.8 Å². The summed E-state index contributed by atoms with van der Waals surface area (Å²) in [4.78, 5) is 27.1. The number of hydrogen-bond donors (Lipinski definition) is 0. The molecule has 1 fully saturated rings. The first-order valence-corrected chi connectivity index (χ1v) is 12.4. The van der Waals surface area contributed by atoms with Gasteiger partial charge in [0, 0.05) is 0 Å². The molecule has 0 bridgehead atoms. The quantitative estimate of drug-likeness (QED) is 0.228. The Morgan fingerprint density at radius 1 is 0.939 bits per heavy atom. The van der Waals surface area contributed by atoms with Gasteiger partial charge in [-0.05, 0) is 76.2 Å². The minimum Gasteiger partial charge on any atom is -0.490 e. The highest BCUT2D eigenvalue weighted by molar-refractivity contribution is 14.1. The summed E-state index contributed by atoms with van der Waals surface area (Å²) in [5.74, 6) is 0.983. The van der Waals surface area contributed by atoms with Crippen molar-refractivity contribution in [1.82, 2.24) is 4.90 Å². The Bertz CT molecular complexity index is 1180. The molecular weight excluding hydrogens is 549 g/mol. The van der Waals surface area contributed by atoms with Crippen LogP contribution in [0.25, 0.3) is 6.08 Å². The van der Waals surface area contributed by atoms with Crippen molar-refractivity contribution in [3.63, 3.8) is 0 Å². The number of hydrogen-bond acceptors (Lipinski definition) is 5. The molecule has 1 heterocycles. The van der Waals surface area contributed by atoms with E-state index in [1.54, 1.807) is 6.08 Å². The molecule has 0 radical (unpaired) electrons. The Morgan fingerprint density at radius 3 is 2.27 bits per heavy atom.